The summed E-state index contributed by atoms with van der Waals surface area (Å²) in [4.78, 5) is 6.04. The van der Waals surface area contributed by atoms with Gasteiger partial charge in [0.05, 0.1) is 4.34 Å². The molecule has 0 unspecified atom stereocenters. The largest absolute Gasteiger partial charge is 0.358 e. The number of hydrogen-bond acceptors (Lipinski definition) is 3. The number of nitrogens with zero attached hydrogens (tertiary/aromatic N) is 2. The molecule has 23 heavy (non-hydrogen) atoms. The second kappa shape index (κ2) is 8.11. The number of benzene rings is 1. The molecule has 1 aliphatic heterocycles. The maximum Gasteiger partial charge on any atom is 0.169 e. The molecule has 0 aliphatic carbocycles. The fraction of sp³-hybridized carbons (Fsp3) is 0.353. The van der Waals surface area contributed by atoms with Gasteiger partial charge in [0.25, 0.3) is 0 Å². The zero-order chi connectivity index (χ0) is 16.1. The van der Waals surface area contributed by atoms with Crippen LogP contribution >= 0.6 is 35.2 Å². The quantitative estimate of drug-likeness (QED) is 0.834. The maximum atomic E-state index is 5.99. The summed E-state index contributed by atoms with van der Waals surface area (Å²) in [6.07, 6.45) is 0. The van der Waals surface area contributed by atoms with Gasteiger partial charge in [-0.2, -0.15) is 0 Å². The average Bonchev–Trinajstić information content (AvgIpc) is 2.99. The number of hydrogen-bond donors (Lipinski definition) is 1. The summed E-state index contributed by atoms with van der Waals surface area (Å²) in [5.74, 6) is 0. The molecule has 2 heterocycles. The van der Waals surface area contributed by atoms with Gasteiger partial charge < -0.3 is 10.2 Å². The first kappa shape index (κ1) is 16.7. The van der Waals surface area contributed by atoms with Crippen molar-refractivity contribution in [1.82, 2.24) is 15.1 Å². The van der Waals surface area contributed by atoms with Gasteiger partial charge in [-0.3, -0.25) is 4.90 Å². The highest BCUT2D eigenvalue weighted by Crippen LogP contribution is 2.23. The molecule has 0 atom stereocenters. The molecule has 0 bridgehead atoms. The molecule has 3 nitrogen and oxygen atoms in total. The summed E-state index contributed by atoms with van der Waals surface area (Å²) in [5, 5.41) is 4.21. The van der Waals surface area contributed by atoms with Gasteiger partial charge in [-0.1, -0.05) is 41.9 Å². The topological polar surface area (TPSA) is 18.5 Å². The smallest absolute Gasteiger partial charge is 0.169 e. The number of thiocarbonyl (C=S) groups is 1. The summed E-state index contributed by atoms with van der Waals surface area (Å²) < 4.78 is 0.866. The van der Waals surface area contributed by atoms with E-state index in [1.165, 1.54) is 10.4 Å². The predicted molar refractivity (Wildman–Crippen MR) is 102 cm³/mol. The SMILES string of the molecule is S=C(NCc1ccccc1)N1CCN(Cc2ccc(Cl)s2)CC1. The van der Waals surface area contributed by atoms with Crippen molar-refractivity contribution in [2.24, 2.45) is 0 Å². The molecule has 0 spiro atoms. The predicted octanol–water partition coefficient (Wildman–Crippen LogP) is 3.59. The molecule has 1 fully saturated rings. The normalized spacial score (nSPS) is 15.6. The number of nitrogens with one attached hydrogen (secondary N) is 1. The Labute approximate surface area is 151 Å². The highest BCUT2D eigenvalue weighted by Gasteiger charge is 2.19. The van der Waals surface area contributed by atoms with Crippen molar-refractivity contribution >= 4 is 40.3 Å². The number of thiophene rings is 1. The first-order chi connectivity index (χ1) is 11.2. The monoisotopic (exact) mass is 365 g/mol. The van der Waals surface area contributed by atoms with Crippen LogP contribution in [0, 0.1) is 0 Å². The van der Waals surface area contributed by atoms with Gasteiger partial charge in [0.2, 0.25) is 0 Å². The Bertz CT molecular complexity index is 636. The van der Waals surface area contributed by atoms with Crippen LogP contribution < -0.4 is 5.32 Å². The molecule has 1 aromatic carbocycles. The lowest BCUT2D eigenvalue weighted by Gasteiger charge is -2.36. The molecule has 1 aliphatic rings. The number of rotatable bonds is 4. The molecular formula is C17H20ClN3S2. The first-order valence-electron chi connectivity index (χ1n) is 7.74. The molecule has 122 valence electrons. The van der Waals surface area contributed by atoms with Crippen molar-refractivity contribution in [2.45, 2.75) is 13.1 Å². The fourth-order valence-electron chi connectivity index (χ4n) is 2.65. The van der Waals surface area contributed by atoms with Crippen LogP contribution in [-0.4, -0.2) is 41.1 Å². The molecule has 2 aromatic rings. The van der Waals surface area contributed by atoms with Gasteiger partial charge in [-0.05, 0) is 29.9 Å². The van der Waals surface area contributed by atoms with Crippen LogP contribution in [0.15, 0.2) is 42.5 Å². The standard InChI is InChI=1S/C17H20ClN3S2/c18-16-7-6-15(23-16)13-20-8-10-21(11-9-20)17(22)19-12-14-4-2-1-3-5-14/h1-7H,8-13H2,(H,19,22). The summed E-state index contributed by atoms with van der Waals surface area (Å²) in [5.41, 5.74) is 1.25. The van der Waals surface area contributed by atoms with E-state index in [4.69, 9.17) is 23.8 Å². The fourth-order valence-corrected chi connectivity index (χ4v) is 4.04. The Morgan fingerprint density at radius 1 is 1.09 bits per heavy atom. The number of halogens is 1. The Kier molecular flexibility index (Phi) is 5.89. The Morgan fingerprint density at radius 3 is 2.48 bits per heavy atom. The third kappa shape index (κ3) is 4.91. The van der Waals surface area contributed by atoms with Crippen LogP contribution in [-0.2, 0) is 13.1 Å². The van der Waals surface area contributed by atoms with Gasteiger partial charge in [0.15, 0.2) is 5.11 Å². The highest BCUT2D eigenvalue weighted by molar-refractivity contribution is 7.80. The van der Waals surface area contributed by atoms with Crippen molar-refractivity contribution < 1.29 is 0 Å². The van der Waals surface area contributed by atoms with Gasteiger partial charge in [-0.15, -0.1) is 11.3 Å². The van der Waals surface area contributed by atoms with Gasteiger partial charge in [0.1, 0.15) is 0 Å². The Hall–Kier alpha value is -1.14. The van der Waals surface area contributed by atoms with Crippen LogP contribution in [0.5, 0.6) is 0 Å². The van der Waals surface area contributed by atoms with E-state index >= 15 is 0 Å². The second-order valence-corrected chi connectivity index (χ2v) is 7.80. The average molecular weight is 366 g/mol. The van der Waals surface area contributed by atoms with E-state index in [0.717, 1.165) is 48.7 Å². The van der Waals surface area contributed by atoms with E-state index in [0.29, 0.717) is 0 Å². The van der Waals surface area contributed by atoms with Gasteiger partial charge in [-0.25, -0.2) is 0 Å². The first-order valence-corrected chi connectivity index (χ1v) is 9.34. The summed E-state index contributed by atoms with van der Waals surface area (Å²) in [7, 11) is 0. The summed E-state index contributed by atoms with van der Waals surface area (Å²) in [6, 6.07) is 14.4. The van der Waals surface area contributed by atoms with E-state index in [1.807, 2.05) is 12.1 Å². The molecule has 3 rings (SSSR count). The molecular weight excluding hydrogens is 346 g/mol. The maximum absolute atomic E-state index is 5.99. The third-order valence-electron chi connectivity index (χ3n) is 3.95. The molecule has 0 amide bonds. The second-order valence-electron chi connectivity index (χ2n) is 5.61. The molecule has 1 N–H and O–H groups in total. The van der Waals surface area contributed by atoms with Crippen LogP contribution in [0.25, 0.3) is 0 Å². The van der Waals surface area contributed by atoms with E-state index in [-0.39, 0.29) is 0 Å². The summed E-state index contributed by atoms with van der Waals surface area (Å²) in [6.45, 7) is 5.77. The zero-order valence-electron chi connectivity index (χ0n) is 12.9. The van der Waals surface area contributed by atoms with Crippen molar-refractivity contribution in [2.75, 3.05) is 26.2 Å². The van der Waals surface area contributed by atoms with Crippen LogP contribution in [0.4, 0.5) is 0 Å². The molecule has 1 aromatic heterocycles. The lowest BCUT2D eigenvalue weighted by Crippen LogP contribution is -2.51. The van der Waals surface area contributed by atoms with E-state index in [2.05, 4.69) is 45.4 Å². The molecule has 0 saturated carbocycles. The Balaban J connectivity index is 1.42. The Morgan fingerprint density at radius 2 is 1.83 bits per heavy atom. The number of piperazine rings is 1. The molecule has 1 saturated heterocycles. The molecule has 0 radical (unpaired) electrons. The van der Waals surface area contributed by atoms with Gasteiger partial charge >= 0.3 is 0 Å². The van der Waals surface area contributed by atoms with E-state index in [1.54, 1.807) is 11.3 Å². The minimum Gasteiger partial charge on any atom is -0.358 e. The van der Waals surface area contributed by atoms with Gasteiger partial charge in [0, 0.05) is 44.1 Å². The highest BCUT2D eigenvalue weighted by atomic mass is 35.5. The summed E-state index contributed by atoms with van der Waals surface area (Å²) >= 11 is 13.2. The minimum absolute atomic E-state index is 0.785. The van der Waals surface area contributed by atoms with Crippen molar-refractivity contribution in [3.05, 3.63) is 57.2 Å². The van der Waals surface area contributed by atoms with Crippen molar-refractivity contribution in [3.63, 3.8) is 0 Å². The van der Waals surface area contributed by atoms with Crippen LogP contribution in [0.3, 0.4) is 0 Å². The van der Waals surface area contributed by atoms with Crippen LogP contribution in [0.2, 0.25) is 4.34 Å². The van der Waals surface area contributed by atoms with Crippen LogP contribution in [0.1, 0.15) is 10.4 Å². The lowest BCUT2D eigenvalue weighted by atomic mass is 10.2. The van der Waals surface area contributed by atoms with Crippen molar-refractivity contribution in [1.29, 1.82) is 0 Å². The van der Waals surface area contributed by atoms with E-state index in [9.17, 15) is 0 Å². The van der Waals surface area contributed by atoms with Crippen molar-refractivity contribution in [3.8, 4) is 0 Å². The lowest BCUT2D eigenvalue weighted by molar-refractivity contribution is 0.176. The minimum atomic E-state index is 0.785. The zero-order valence-corrected chi connectivity index (χ0v) is 15.3. The molecule has 6 heteroatoms. The third-order valence-corrected chi connectivity index (χ3v) is 5.57. The van der Waals surface area contributed by atoms with E-state index < -0.39 is 0 Å².